The lowest BCUT2D eigenvalue weighted by Gasteiger charge is -2.21. The van der Waals surface area contributed by atoms with Gasteiger partial charge in [-0.05, 0) is 43.6 Å². The van der Waals surface area contributed by atoms with Gasteiger partial charge in [0, 0.05) is 26.0 Å². The van der Waals surface area contributed by atoms with E-state index in [1.54, 1.807) is 0 Å². The first kappa shape index (κ1) is 24.4. The van der Waals surface area contributed by atoms with Crippen molar-refractivity contribution < 1.29 is 4.74 Å². The molecule has 0 spiro atoms. The predicted octanol–water partition coefficient (Wildman–Crippen LogP) is 5.90. The predicted molar refractivity (Wildman–Crippen MR) is 103 cm³/mol. The van der Waals surface area contributed by atoms with E-state index in [2.05, 4.69) is 27.8 Å². The molecule has 0 unspecified atom stereocenters. The van der Waals surface area contributed by atoms with Crippen LogP contribution in [0.15, 0.2) is 0 Å². The number of nitrogens with zero attached hydrogens (tertiary/aromatic N) is 2. The highest BCUT2D eigenvalue weighted by Crippen LogP contribution is 2.27. The summed E-state index contributed by atoms with van der Waals surface area (Å²) in [6.45, 7) is 20.5. The standard InChI is InChI=1S/C14H24N2O.3C2H6/c1-10(2)14-11(3)16(4)15-13(14)9-12-5-7-17-8-6-12;3*1-2/h10,12H,5-9H2,1-4H3;3*1-2H3. The zero-order valence-electron chi connectivity index (χ0n) is 17.5. The molecule has 1 aromatic rings. The lowest BCUT2D eigenvalue weighted by atomic mass is 9.90. The highest BCUT2D eigenvalue weighted by Gasteiger charge is 2.21. The number of aromatic nitrogens is 2. The molecule has 0 amide bonds. The van der Waals surface area contributed by atoms with Crippen molar-refractivity contribution in [3.63, 3.8) is 0 Å². The van der Waals surface area contributed by atoms with Gasteiger partial charge >= 0.3 is 0 Å². The van der Waals surface area contributed by atoms with Crippen LogP contribution in [0.3, 0.4) is 0 Å². The Kier molecular flexibility index (Phi) is 15.7. The first-order valence-corrected chi connectivity index (χ1v) is 9.69. The molecule has 1 saturated heterocycles. The number of hydrogen-bond acceptors (Lipinski definition) is 2. The van der Waals surface area contributed by atoms with E-state index in [-0.39, 0.29) is 0 Å². The molecule has 3 nitrogen and oxygen atoms in total. The molecule has 0 radical (unpaired) electrons. The van der Waals surface area contributed by atoms with Gasteiger partial charge in [-0.3, -0.25) is 4.68 Å². The van der Waals surface area contributed by atoms with Crippen molar-refractivity contribution in [3.05, 3.63) is 17.0 Å². The lowest BCUT2D eigenvalue weighted by molar-refractivity contribution is 0.0661. The van der Waals surface area contributed by atoms with E-state index < -0.39 is 0 Å². The van der Waals surface area contributed by atoms with Crippen molar-refractivity contribution in [2.45, 2.75) is 87.5 Å². The lowest BCUT2D eigenvalue weighted by Crippen LogP contribution is -2.18. The Morgan fingerprint density at radius 2 is 1.52 bits per heavy atom. The molecule has 1 aromatic heterocycles. The van der Waals surface area contributed by atoms with Gasteiger partial charge in [0.15, 0.2) is 0 Å². The normalized spacial score (nSPS) is 14.0. The van der Waals surface area contributed by atoms with Crippen LogP contribution in [0, 0.1) is 12.8 Å². The summed E-state index contributed by atoms with van der Waals surface area (Å²) in [6.07, 6.45) is 3.50. The van der Waals surface area contributed by atoms with E-state index in [1.165, 1.54) is 29.8 Å². The molecule has 0 atom stereocenters. The highest BCUT2D eigenvalue weighted by molar-refractivity contribution is 5.29. The molecule has 1 aliphatic rings. The fraction of sp³-hybridized carbons (Fsp3) is 0.850. The molecule has 0 aromatic carbocycles. The van der Waals surface area contributed by atoms with Crippen molar-refractivity contribution in [1.29, 1.82) is 0 Å². The van der Waals surface area contributed by atoms with Crippen LogP contribution < -0.4 is 0 Å². The molecule has 0 N–H and O–H groups in total. The number of hydrogen-bond donors (Lipinski definition) is 0. The summed E-state index contributed by atoms with van der Waals surface area (Å²) in [5, 5.41) is 4.70. The van der Waals surface area contributed by atoms with E-state index in [0.29, 0.717) is 5.92 Å². The van der Waals surface area contributed by atoms with E-state index in [0.717, 1.165) is 25.6 Å². The van der Waals surface area contributed by atoms with Gasteiger partial charge in [-0.15, -0.1) is 0 Å². The van der Waals surface area contributed by atoms with Crippen molar-refractivity contribution in [2.24, 2.45) is 13.0 Å². The molecule has 3 heteroatoms. The third-order valence-electron chi connectivity index (χ3n) is 3.86. The van der Waals surface area contributed by atoms with E-state index in [1.807, 2.05) is 46.2 Å². The van der Waals surface area contributed by atoms with Crippen LogP contribution in [0.4, 0.5) is 0 Å². The second kappa shape index (κ2) is 14.7. The molecule has 0 saturated carbocycles. The van der Waals surface area contributed by atoms with Gasteiger partial charge in [0.1, 0.15) is 0 Å². The summed E-state index contributed by atoms with van der Waals surface area (Å²) in [7, 11) is 2.05. The maximum absolute atomic E-state index is 5.42. The van der Waals surface area contributed by atoms with Crippen LogP contribution in [0.2, 0.25) is 0 Å². The van der Waals surface area contributed by atoms with Gasteiger partial charge in [0.25, 0.3) is 0 Å². The van der Waals surface area contributed by atoms with Crippen LogP contribution in [0.1, 0.15) is 91.1 Å². The second-order valence-corrected chi connectivity index (χ2v) is 5.48. The average molecular weight is 327 g/mol. The molecule has 2 rings (SSSR count). The third kappa shape index (κ3) is 8.01. The third-order valence-corrected chi connectivity index (χ3v) is 3.86. The Morgan fingerprint density at radius 1 is 1.04 bits per heavy atom. The van der Waals surface area contributed by atoms with Gasteiger partial charge in [0.05, 0.1) is 5.69 Å². The van der Waals surface area contributed by atoms with Crippen molar-refractivity contribution >= 4 is 0 Å². The van der Waals surface area contributed by atoms with E-state index >= 15 is 0 Å². The fourth-order valence-electron chi connectivity index (χ4n) is 2.82. The van der Waals surface area contributed by atoms with Crippen LogP contribution in [-0.2, 0) is 18.2 Å². The van der Waals surface area contributed by atoms with Crippen molar-refractivity contribution in [3.8, 4) is 0 Å². The Bertz CT molecular complexity index is 377. The van der Waals surface area contributed by atoms with Crippen LogP contribution in [0.5, 0.6) is 0 Å². The molecular formula is C20H42N2O. The number of ether oxygens (including phenoxy) is 1. The monoisotopic (exact) mass is 326 g/mol. The van der Waals surface area contributed by atoms with Gasteiger partial charge in [-0.1, -0.05) is 55.4 Å². The summed E-state index contributed by atoms with van der Waals surface area (Å²) in [5.41, 5.74) is 4.09. The smallest absolute Gasteiger partial charge is 0.0664 e. The fourth-order valence-corrected chi connectivity index (χ4v) is 2.82. The zero-order chi connectivity index (χ0) is 18.4. The summed E-state index contributed by atoms with van der Waals surface area (Å²) in [6, 6.07) is 0. The van der Waals surface area contributed by atoms with Crippen LogP contribution >= 0.6 is 0 Å². The molecule has 1 aliphatic heterocycles. The number of aryl methyl sites for hydroxylation is 1. The molecule has 138 valence electrons. The van der Waals surface area contributed by atoms with Gasteiger partial charge in [-0.2, -0.15) is 5.10 Å². The van der Waals surface area contributed by atoms with E-state index in [9.17, 15) is 0 Å². The van der Waals surface area contributed by atoms with Gasteiger partial charge in [0.2, 0.25) is 0 Å². The van der Waals surface area contributed by atoms with Crippen molar-refractivity contribution in [2.75, 3.05) is 13.2 Å². The molecule has 0 aliphatic carbocycles. The Balaban J connectivity index is 0. The summed E-state index contributed by atoms with van der Waals surface area (Å²) >= 11 is 0. The minimum atomic E-state index is 0.568. The zero-order valence-corrected chi connectivity index (χ0v) is 17.5. The first-order chi connectivity index (χ1) is 11.1. The van der Waals surface area contributed by atoms with Gasteiger partial charge in [-0.25, -0.2) is 0 Å². The summed E-state index contributed by atoms with van der Waals surface area (Å²) in [4.78, 5) is 0. The minimum absolute atomic E-state index is 0.568. The first-order valence-electron chi connectivity index (χ1n) is 9.69. The molecule has 2 heterocycles. The Morgan fingerprint density at radius 3 is 1.96 bits per heavy atom. The maximum atomic E-state index is 5.42. The SMILES string of the molecule is CC.CC.CC.Cc1c(C(C)C)c(CC2CCOCC2)nn1C. The molecule has 1 fully saturated rings. The Labute approximate surface area is 145 Å². The summed E-state index contributed by atoms with van der Waals surface area (Å²) < 4.78 is 7.45. The number of rotatable bonds is 3. The summed E-state index contributed by atoms with van der Waals surface area (Å²) in [5.74, 6) is 1.33. The highest BCUT2D eigenvalue weighted by atomic mass is 16.5. The van der Waals surface area contributed by atoms with Crippen LogP contribution in [0.25, 0.3) is 0 Å². The molecule has 0 bridgehead atoms. The largest absolute Gasteiger partial charge is 0.381 e. The van der Waals surface area contributed by atoms with Gasteiger partial charge < -0.3 is 4.74 Å². The van der Waals surface area contributed by atoms with Crippen molar-refractivity contribution in [1.82, 2.24) is 9.78 Å². The van der Waals surface area contributed by atoms with E-state index in [4.69, 9.17) is 9.84 Å². The molecule has 23 heavy (non-hydrogen) atoms. The minimum Gasteiger partial charge on any atom is -0.381 e. The maximum Gasteiger partial charge on any atom is 0.0664 e. The topological polar surface area (TPSA) is 27.1 Å². The Hall–Kier alpha value is -0.830. The second-order valence-electron chi connectivity index (χ2n) is 5.48. The van der Waals surface area contributed by atoms with Crippen LogP contribution in [-0.4, -0.2) is 23.0 Å². The quantitative estimate of drug-likeness (QED) is 0.691. The molecular weight excluding hydrogens is 284 g/mol. The average Bonchev–Trinajstić information content (AvgIpc) is 2.88.